The number of β-amino-alcohol motifs (C(OH)–C–C–N with tert-alkyl or cyclic N) is 1. The van der Waals surface area contributed by atoms with Crippen molar-refractivity contribution in [3.05, 3.63) is 53.6 Å². The molecule has 1 fully saturated rings. The molecule has 8 nitrogen and oxygen atoms in total. The van der Waals surface area contributed by atoms with Gasteiger partial charge in [0, 0.05) is 13.1 Å². The molecule has 1 heterocycles. The highest BCUT2D eigenvalue weighted by Gasteiger charge is 2.34. The second kappa shape index (κ2) is 8.93. The van der Waals surface area contributed by atoms with E-state index in [1.165, 1.54) is 12.1 Å². The van der Waals surface area contributed by atoms with Crippen LogP contribution in [0.25, 0.3) is 0 Å². The number of benzene rings is 2. The Labute approximate surface area is 168 Å². The van der Waals surface area contributed by atoms with Gasteiger partial charge in [0.15, 0.2) is 0 Å². The predicted molar refractivity (Wildman–Crippen MR) is 107 cm³/mol. The molecule has 0 radical (unpaired) electrons. The summed E-state index contributed by atoms with van der Waals surface area (Å²) in [7, 11) is 1.54. The van der Waals surface area contributed by atoms with E-state index in [9.17, 15) is 14.7 Å². The molecule has 0 unspecified atom stereocenters. The quantitative estimate of drug-likeness (QED) is 0.650. The summed E-state index contributed by atoms with van der Waals surface area (Å²) >= 11 is 0. The average Bonchev–Trinajstić information content (AvgIpc) is 3.00. The molecule has 3 rings (SSSR count). The maximum atomic E-state index is 12.4. The Morgan fingerprint density at radius 1 is 1.21 bits per heavy atom. The minimum absolute atomic E-state index is 0.0865. The van der Waals surface area contributed by atoms with Gasteiger partial charge in [0.05, 0.1) is 24.9 Å². The molecule has 1 aliphatic heterocycles. The van der Waals surface area contributed by atoms with Crippen molar-refractivity contribution in [2.75, 3.05) is 32.1 Å². The van der Waals surface area contributed by atoms with Gasteiger partial charge >= 0.3 is 5.97 Å². The summed E-state index contributed by atoms with van der Waals surface area (Å²) in [6, 6.07) is 11.6. The van der Waals surface area contributed by atoms with Gasteiger partial charge in [-0.15, -0.1) is 0 Å². The number of nitrogens with zero attached hydrogens (tertiary/aromatic N) is 1. The van der Waals surface area contributed by atoms with Gasteiger partial charge < -0.3 is 25.0 Å². The van der Waals surface area contributed by atoms with Crippen molar-refractivity contribution in [3.8, 4) is 11.5 Å². The number of carbonyl (C=O) groups excluding carboxylic acids is 1. The summed E-state index contributed by atoms with van der Waals surface area (Å²) in [5, 5.41) is 22.2. The summed E-state index contributed by atoms with van der Waals surface area (Å²) in [6.45, 7) is 2.63. The molecule has 154 valence electrons. The van der Waals surface area contributed by atoms with Gasteiger partial charge in [0.2, 0.25) is 5.91 Å². The summed E-state index contributed by atoms with van der Waals surface area (Å²) < 4.78 is 11.0. The topological polar surface area (TPSA) is 108 Å². The van der Waals surface area contributed by atoms with Crippen LogP contribution in [0.1, 0.15) is 15.9 Å². The maximum absolute atomic E-state index is 12.4. The van der Waals surface area contributed by atoms with E-state index in [1.54, 1.807) is 30.2 Å². The fourth-order valence-corrected chi connectivity index (χ4v) is 3.27. The third kappa shape index (κ3) is 5.24. The van der Waals surface area contributed by atoms with Gasteiger partial charge in [-0.2, -0.15) is 0 Å². The fraction of sp³-hybridized carbons (Fsp3) is 0.333. The summed E-state index contributed by atoms with van der Waals surface area (Å²) in [5.74, 6) is -0.336. The molecule has 29 heavy (non-hydrogen) atoms. The molecule has 0 saturated carbocycles. The van der Waals surface area contributed by atoms with Crippen LogP contribution in [-0.2, 0) is 4.79 Å². The van der Waals surface area contributed by atoms with Gasteiger partial charge in [-0.05, 0) is 42.8 Å². The number of carboxylic acids is 1. The van der Waals surface area contributed by atoms with Crippen LogP contribution < -0.4 is 14.8 Å². The molecule has 3 N–H and O–H groups in total. The molecule has 2 aromatic carbocycles. The maximum Gasteiger partial charge on any atom is 0.335 e. The molecule has 8 heteroatoms. The summed E-state index contributed by atoms with van der Waals surface area (Å²) in [4.78, 5) is 25.3. The van der Waals surface area contributed by atoms with Gasteiger partial charge in [0.25, 0.3) is 0 Å². The molecule has 2 aromatic rings. The number of nitrogens with one attached hydrogen (secondary N) is 1. The Balaban J connectivity index is 1.58. The number of hydrogen-bond acceptors (Lipinski definition) is 6. The summed E-state index contributed by atoms with van der Waals surface area (Å²) in [5.41, 5.74) is 1.70. The largest absolute Gasteiger partial charge is 0.495 e. The second-order valence-electron chi connectivity index (χ2n) is 7.00. The molecule has 1 amide bonds. The third-order valence-electron chi connectivity index (χ3n) is 4.68. The normalized spacial score (nSPS) is 19.0. The van der Waals surface area contributed by atoms with E-state index < -0.39 is 18.2 Å². The van der Waals surface area contributed by atoms with Crippen LogP contribution >= 0.6 is 0 Å². The zero-order chi connectivity index (χ0) is 21.0. The lowest BCUT2D eigenvalue weighted by molar-refractivity contribution is -0.117. The first-order valence-electron chi connectivity index (χ1n) is 9.20. The number of likely N-dealkylation sites (tertiary alicyclic amines) is 1. The number of aromatic carboxylic acids is 1. The standard InChI is InChI=1S/C21H24N2O6/c1-13-6-7-18(28-2)16(8-13)22-20(25)12-23-10-17(24)19(11-23)29-15-5-3-4-14(9-15)21(26)27/h3-9,17,19,24H,10-12H2,1-2H3,(H,22,25)(H,26,27)/t17-,19-/m1/s1. The number of aryl methyl sites for hydroxylation is 1. The van der Waals surface area contributed by atoms with E-state index in [0.717, 1.165) is 5.56 Å². The van der Waals surface area contributed by atoms with E-state index in [1.807, 2.05) is 19.1 Å². The average molecular weight is 400 g/mol. The Bertz CT molecular complexity index is 900. The van der Waals surface area contributed by atoms with Crippen LogP contribution in [0.5, 0.6) is 11.5 Å². The second-order valence-corrected chi connectivity index (χ2v) is 7.00. The minimum atomic E-state index is -1.05. The number of anilines is 1. The lowest BCUT2D eigenvalue weighted by atomic mass is 10.2. The number of methoxy groups -OCH3 is 1. The number of aliphatic hydroxyl groups is 1. The highest BCUT2D eigenvalue weighted by atomic mass is 16.5. The van der Waals surface area contributed by atoms with E-state index >= 15 is 0 Å². The first kappa shape index (κ1) is 20.6. The van der Waals surface area contributed by atoms with Crippen LogP contribution in [0.3, 0.4) is 0 Å². The SMILES string of the molecule is COc1ccc(C)cc1NC(=O)CN1C[C@@H](O)[C@H](Oc2cccc(C(=O)O)c2)C1. The van der Waals surface area contributed by atoms with Crippen molar-refractivity contribution >= 4 is 17.6 Å². The fourth-order valence-electron chi connectivity index (χ4n) is 3.27. The molecule has 1 saturated heterocycles. The zero-order valence-electron chi connectivity index (χ0n) is 16.3. The van der Waals surface area contributed by atoms with Crippen LogP contribution in [0, 0.1) is 6.92 Å². The Morgan fingerprint density at radius 3 is 2.72 bits per heavy atom. The molecule has 1 aliphatic rings. The van der Waals surface area contributed by atoms with Crippen LogP contribution in [0.15, 0.2) is 42.5 Å². The number of amides is 1. The number of ether oxygens (including phenoxy) is 2. The highest BCUT2D eigenvalue weighted by molar-refractivity contribution is 5.93. The van der Waals surface area contributed by atoms with E-state index in [4.69, 9.17) is 14.6 Å². The number of carbonyl (C=O) groups is 2. The summed E-state index contributed by atoms with van der Waals surface area (Å²) in [6.07, 6.45) is -1.34. The number of hydrogen-bond donors (Lipinski definition) is 3. The van der Waals surface area contributed by atoms with Crippen LogP contribution in [0.2, 0.25) is 0 Å². The van der Waals surface area contributed by atoms with Crippen molar-refractivity contribution < 1.29 is 29.3 Å². The van der Waals surface area contributed by atoms with Crippen molar-refractivity contribution in [1.82, 2.24) is 4.90 Å². The molecule has 2 atom stereocenters. The monoisotopic (exact) mass is 400 g/mol. The van der Waals surface area contributed by atoms with Crippen molar-refractivity contribution in [2.45, 2.75) is 19.1 Å². The molecule has 0 bridgehead atoms. The first-order chi connectivity index (χ1) is 13.9. The Morgan fingerprint density at radius 2 is 2.00 bits per heavy atom. The lowest BCUT2D eigenvalue weighted by Gasteiger charge is -2.17. The van der Waals surface area contributed by atoms with E-state index in [2.05, 4.69) is 5.32 Å². The molecule has 0 spiro atoms. The van der Waals surface area contributed by atoms with E-state index in [0.29, 0.717) is 23.7 Å². The number of rotatable bonds is 7. The smallest absolute Gasteiger partial charge is 0.335 e. The van der Waals surface area contributed by atoms with Gasteiger partial charge in [-0.1, -0.05) is 12.1 Å². The third-order valence-corrected chi connectivity index (χ3v) is 4.68. The van der Waals surface area contributed by atoms with Crippen molar-refractivity contribution in [3.63, 3.8) is 0 Å². The first-order valence-corrected chi connectivity index (χ1v) is 9.20. The van der Waals surface area contributed by atoms with E-state index in [-0.39, 0.29) is 24.6 Å². The molecular formula is C21H24N2O6. The molecule has 0 aromatic heterocycles. The molecule has 0 aliphatic carbocycles. The van der Waals surface area contributed by atoms with Gasteiger partial charge in [0.1, 0.15) is 23.7 Å². The number of carboxylic acid groups (broad SMARTS) is 1. The Kier molecular flexibility index (Phi) is 6.36. The zero-order valence-corrected chi connectivity index (χ0v) is 16.3. The number of aliphatic hydroxyl groups excluding tert-OH is 1. The van der Waals surface area contributed by atoms with Crippen LogP contribution in [-0.4, -0.2) is 65.9 Å². The predicted octanol–water partition coefficient (Wildman–Crippen LogP) is 1.76. The van der Waals surface area contributed by atoms with Crippen molar-refractivity contribution in [1.29, 1.82) is 0 Å². The van der Waals surface area contributed by atoms with Crippen molar-refractivity contribution in [2.24, 2.45) is 0 Å². The lowest BCUT2D eigenvalue weighted by Crippen LogP contribution is -2.33. The highest BCUT2D eigenvalue weighted by Crippen LogP contribution is 2.25. The van der Waals surface area contributed by atoms with Gasteiger partial charge in [-0.3, -0.25) is 9.69 Å². The minimum Gasteiger partial charge on any atom is -0.495 e. The van der Waals surface area contributed by atoms with Crippen LogP contribution in [0.4, 0.5) is 5.69 Å². The molecular weight excluding hydrogens is 376 g/mol. The van der Waals surface area contributed by atoms with Gasteiger partial charge in [-0.25, -0.2) is 4.79 Å². The Hall–Kier alpha value is -3.10.